The van der Waals surface area contributed by atoms with Crippen LogP contribution in [0.25, 0.3) is 0 Å². The Morgan fingerprint density at radius 1 is 1.38 bits per heavy atom. The highest BCUT2D eigenvalue weighted by Gasteiger charge is 2.38. The second-order valence-electron chi connectivity index (χ2n) is 3.60. The fourth-order valence-corrected chi connectivity index (χ4v) is 2.36. The van der Waals surface area contributed by atoms with Crippen molar-refractivity contribution in [2.24, 2.45) is 11.7 Å². The second-order valence-corrected chi connectivity index (χ2v) is 4.70. The van der Waals surface area contributed by atoms with Gasteiger partial charge in [0.2, 0.25) is 0 Å². The van der Waals surface area contributed by atoms with E-state index in [1.165, 1.54) is 11.8 Å². The van der Waals surface area contributed by atoms with Gasteiger partial charge in [0.15, 0.2) is 0 Å². The summed E-state index contributed by atoms with van der Waals surface area (Å²) in [5.41, 5.74) is 6.16. The summed E-state index contributed by atoms with van der Waals surface area (Å²) in [6.45, 7) is 1.55. The lowest BCUT2D eigenvalue weighted by Gasteiger charge is -2.17. The van der Waals surface area contributed by atoms with E-state index in [0.29, 0.717) is 0 Å². The molecule has 0 radical (unpaired) electrons. The molecule has 0 aliphatic carbocycles. The minimum atomic E-state index is -4.20. The lowest BCUT2D eigenvalue weighted by molar-refractivity contribution is -0.165. The van der Waals surface area contributed by atoms with Crippen LogP contribution in [-0.4, -0.2) is 18.5 Å². The third-order valence-electron chi connectivity index (χ3n) is 2.19. The fraction of sp³-hybridized carbons (Fsp3) is 0.455. The van der Waals surface area contributed by atoms with Crippen molar-refractivity contribution < 1.29 is 13.2 Å². The van der Waals surface area contributed by atoms with Crippen LogP contribution in [0.3, 0.4) is 0 Å². The summed E-state index contributed by atoms with van der Waals surface area (Å²) in [6, 6.07) is 7.42. The first-order valence-electron chi connectivity index (χ1n) is 4.89. The topological polar surface area (TPSA) is 26.0 Å². The zero-order valence-electron chi connectivity index (χ0n) is 8.92. The second kappa shape index (κ2) is 5.59. The highest BCUT2D eigenvalue weighted by molar-refractivity contribution is 7.99. The van der Waals surface area contributed by atoms with Gasteiger partial charge in [-0.2, -0.15) is 13.2 Å². The van der Waals surface area contributed by atoms with Crippen molar-refractivity contribution in [2.45, 2.75) is 18.0 Å². The largest absolute Gasteiger partial charge is 0.393 e. The fourth-order valence-electron chi connectivity index (χ4n) is 1.20. The predicted octanol–water partition coefficient (Wildman–Crippen LogP) is 3.22. The van der Waals surface area contributed by atoms with E-state index in [4.69, 9.17) is 5.73 Å². The van der Waals surface area contributed by atoms with Gasteiger partial charge in [0.05, 0.1) is 5.92 Å². The number of alkyl halides is 3. The summed E-state index contributed by atoms with van der Waals surface area (Å²) in [5.74, 6) is -1.46. The molecule has 0 heterocycles. The summed E-state index contributed by atoms with van der Waals surface area (Å²) >= 11 is 1.19. The molecule has 1 unspecified atom stereocenters. The van der Waals surface area contributed by atoms with E-state index in [2.05, 4.69) is 0 Å². The lowest BCUT2D eigenvalue weighted by atomic mass is 10.2. The first kappa shape index (κ1) is 13.4. The molecule has 0 fully saturated rings. The molecule has 2 N–H and O–H groups in total. The average Bonchev–Trinajstić information content (AvgIpc) is 2.16. The standard InChI is InChI=1S/C11H14F3NS/c1-8-3-2-4-10(5-8)16-7-9(6-15)11(12,13)14/h2-5,9H,6-7,15H2,1H3. The molecule has 0 aliphatic rings. The van der Waals surface area contributed by atoms with Crippen LogP contribution in [0.2, 0.25) is 0 Å². The number of hydrogen-bond donors (Lipinski definition) is 1. The molecule has 90 valence electrons. The third-order valence-corrected chi connectivity index (χ3v) is 3.34. The van der Waals surface area contributed by atoms with Gasteiger partial charge >= 0.3 is 6.18 Å². The van der Waals surface area contributed by atoms with E-state index < -0.39 is 12.1 Å². The molecule has 16 heavy (non-hydrogen) atoms. The first-order chi connectivity index (χ1) is 7.43. The van der Waals surface area contributed by atoms with Crippen molar-refractivity contribution in [3.05, 3.63) is 29.8 Å². The van der Waals surface area contributed by atoms with Gasteiger partial charge in [-0.15, -0.1) is 11.8 Å². The Morgan fingerprint density at radius 3 is 2.56 bits per heavy atom. The zero-order valence-corrected chi connectivity index (χ0v) is 9.74. The smallest absolute Gasteiger partial charge is 0.330 e. The molecular formula is C11H14F3NS. The van der Waals surface area contributed by atoms with Crippen LogP contribution in [0, 0.1) is 12.8 Å². The molecule has 1 atom stereocenters. The van der Waals surface area contributed by atoms with E-state index >= 15 is 0 Å². The Hall–Kier alpha value is -0.680. The summed E-state index contributed by atoms with van der Waals surface area (Å²) in [5, 5.41) is 0. The molecule has 0 aromatic heterocycles. The van der Waals surface area contributed by atoms with Crippen LogP contribution in [0.5, 0.6) is 0 Å². The molecule has 0 amide bonds. The van der Waals surface area contributed by atoms with Crippen LogP contribution in [0.1, 0.15) is 5.56 Å². The predicted molar refractivity (Wildman–Crippen MR) is 60.5 cm³/mol. The van der Waals surface area contributed by atoms with E-state index in [1.54, 1.807) is 0 Å². The van der Waals surface area contributed by atoms with Gasteiger partial charge in [-0.25, -0.2) is 0 Å². The highest BCUT2D eigenvalue weighted by Crippen LogP contribution is 2.31. The Morgan fingerprint density at radius 2 is 2.06 bits per heavy atom. The Bertz CT molecular complexity index is 338. The molecule has 5 heteroatoms. The molecule has 0 aliphatic heterocycles. The number of benzene rings is 1. The zero-order chi connectivity index (χ0) is 12.2. The Kier molecular flexibility index (Phi) is 4.68. The van der Waals surface area contributed by atoms with Crippen molar-refractivity contribution in [1.29, 1.82) is 0 Å². The molecule has 1 aromatic carbocycles. The molecule has 1 aromatic rings. The van der Waals surface area contributed by atoms with Gasteiger partial charge in [0.1, 0.15) is 0 Å². The minimum Gasteiger partial charge on any atom is -0.330 e. The van der Waals surface area contributed by atoms with E-state index in [-0.39, 0.29) is 12.3 Å². The normalized spacial score (nSPS) is 13.8. The van der Waals surface area contributed by atoms with Crippen molar-refractivity contribution >= 4 is 11.8 Å². The van der Waals surface area contributed by atoms with Crippen molar-refractivity contribution in [2.75, 3.05) is 12.3 Å². The molecular weight excluding hydrogens is 235 g/mol. The summed E-state index contributed by atoms with van der Waals surface area (Å²) < 4.78 is 37.2. The van der Waals surface area contributed by atoms with Crippen molar-refractivity contribution in [3.8, 4) is 0 Å². The maximum atomic E-state index is 12.4. The van der Waals surface area contributed by atoms with Gasteiger partial charge in [-0.1, -0.05) is 17.7 Å². The molecule has 0 bridgehead atoms. The van der Waals surface area contributed by atoms with Gasteiger partial charge in [-0.05, 0) is 19.1 Å². The van der Waals surface area contributed by atoms with Crippen LogP contribution < -0.4 is 5.73 Å². The van der Waals surface area contributed by atoms with Gasteiger partial charge in [0.25, 0.3) is 0 Å². The van der Waals surface area contributed by atoms with Crippen molar-refractivity contribution in [1.82, 2.24) is 0 Å². The number of halogens is 3. The molecule has 0 saturated carbocycles. The highest BCUT2D eigenvalue weighted by atomic mass is 32.2. The molecule has 0 spiro atoms. The van der Waals surface area contributed by atoms with Crippen LogP contribution >= 0.6 is 11.8 Å². The minimum absolute atomic E-state index is 0.0244. The third kappa shape index (κ3) is 4.06. The Balaban J connectivity index is 2.56. The average molecular weight is 249 g/mol. The van der Waals surface area contributed by atoms with Crippen LogP contribution in [-0.2, 0) is 0 Å². The summed E-state index contributed by atoms with van der Waals surface area (Å²) in [6.07, 6.45) is -4.20. The summed E-state index contributed by atoms with van der Waals surface area (Å²) in [7, 11) is 0. The van der Waals surface area contributed by atoms with Crippen LogP contribution in [0.15, 0.2) is 29.2 Å². The maximum Gasteiger partial charge on any atom is 0.393 e. The lowest BCUT2D eigenvalue weighted by Crippen LogP contribution is -2.32. The molecule has 1 nitrogen and oxygen atoms in total. The number of rotatable bonds is 4. The molecule has 0 saturated heterocycles. The first-order valence-corrected chi connectivity index (χ1v) is 5.88. The van der Waals surface area contributed by atoms with Crippen molar-refractivity contribution in [3.63, 3.8) is 0 Å². The SMILES string of the molecule is Cc1cccc(SCC(CN)C(F)(F)F)c1. The number of nitrogens with two attached hydrogens (primary N) is 1. The van der Waals surface area contributed by atoms with Gasteiger partial charge in [0, 0.05) is 17.2 Å². The van der Waals surface area contributed by atoms with Crippen LogP contribution in [0.4, 0.5) is 13.2 Å². The van der Waals surface area contributed by atoms with E-state index in [0.717, 1.165) is 10.5 Å². The summed E-state index contributed by atoms with van der Waals surface area (Å²) in [4.78, 5) is 0.850. The van der Waals surface area contributed by atoms with Gasteiger partial charge in [-0.3, -0.25) is 0 Å². The van der Waals surface area contributed by atoms with E-state index in [1.807, 2.05) is 31.2 Å². The monoisotopic (exact) mass is 249 g/mol. The van der Waals surface area contributed by atoms with E-state index in [9.17, 15) is 13.2 Å². The number of aryl methyl sites for hydroxylation is 1. The Labute approximate surface area is 97.2 Å². The number of hydrogen-bond acceptors (Lipinski definition) is 2. The molecule has 1 rings (SSSR count). The maximum absolute atomic E-state index is 12.4. The quantitative estimate of drug-likeness (QED) is 0.829. The number of thioether (sulfide) groups is 1. The van der Waals surface area contributed by atoms with Gasteiger partial charge < -0.3 is 5.73 Å².